The van der Waals surface area contributed by atoms with Gasteiger partial charge in [-0.05, 0) is 45.7 Å². The molecular formula is C13H10O2S. The minimum absolute atomic E-state index is 0.895. The molecule has 1 aromatic heterocycles. The highest BCUT2D eigenvalue weighted by atomic mass is 32.1. The van der Waals surface area contributed by atoms with Crippen LogP contribution < -0.4 is 0 Å². The Kier molecular flexibility index (Phi) is 3.17. The van der Waals surface area contributed by atoms with Gasteiger partial charge in [0, 0.05) is 6.08 Å². The summed E-state index contributed by atoms with van der Waals surface area (Å²) >= 11 is 1.65. The topological polar surface area (TPSA) is 37.3 Å². The van der Waals surface area contributed by atoms with Crippen molar-refractivity contribution in [2.24, 2.45) is 0 Å². The van der Waals surface area contributed by atoms with Crippen LogP contribution in [0.2, 0.25) is 0 Å². The van der Waals surface area contributed by atoms with Crippen molar-refractivity contribution in [2.45, 2.75) is 0 Å². The minimum atomic E-state index is -0.930. The molecule has 1 aromatic carbocycles. The number of thiophene rings is 1. The molecule has 3 heteroatoms. The maximum Gasteiger partial charge on any atom is 0.328 e. The lowest BCUT2D eigenvalue weighted by Gasteiger charge is -1.99. The molecule has 2 rings (SSSR count). The Morgan fingerprint density at radius 3 is 2.81 bits per heavy atom. The van der Waals surface area contributed by atoms with Crippen molar-refractivity contribution in [1.29, 1.82) is 0 Å². The molecule has 0 spiro atoms. The lowest BCUT2D eigenvalue weighted by atomic mass is 10.1. The molecular weight excluding hydrogens is 220 g/mol. The first-order valence-corrected chi connectivity index (χ1v) is 5.73. The summed E-state index contributed by atoms with van der Waals surface area (Å²) in [6.45, 7) is 0. The van der Waals surface area contributed by atoms with E-state index in [2.05, 4.69) is 5.38 Å². The fourth-order valence-electron chi connectivity index (χ4n) is 1.42. The van der Waals surface area contributed by atoms with Crippen LogP contribution in [0.4, 0.5) is 0 Å². The van der Waals surface area contributed by atoms with Crippen LogP contribution in [-0.4, -0.2) is 11.1 Å². The summed E-state index contributed by atoms with van der Waals surface area (Å²) in [6.07, 6.45) is 2.74. The first-order valence-electron chi connectivity index (χ1n) is 4.79. The second kappa shape index (κ2) is 4.77. The van der Waals surface area contributed by atoms with Crippen LogP contribution in [0, 0.1) is 0 Å². The molecule has 1 heterocycles. The molecule has 80 valence electrons. The lowest BCUT2D eigenvalue weighted by molar-refractivity contribution is -0.131. The first kappa shape index (κ1) is 10.6. The van der Waals surface area contributed by atoms with Gasteiger partial charge >= 0.3 is 5.97 Å². The third-order valence-electron chi connectivity index (χ3n) is 2.16. The van der Waals surface area contributed by atoms with E-state index in [1.807, 2.05) is 35.7 Å². The van der Waals surface area contributed by atoms with Crippen molar-refractivity contribution in [3.05, 3.63) is 52.7 Å². The van der Waals surface area contributed by atoms with Crippen LogP contribution >= 0.6 is 11.3 Å². The number of carboxylic acids is 1. The molecule has 0 fully saturated rings. The Morgan fingerprint density at radius 1 is 1.25 bits per heavy atom. The van der Waals surface area contributed by atoms with Crippen LogP contribution in [-0.2, 0) is 4.79 Å². The Balaban J connectivity index is 2.30. The number of carboxylic acid groups (broad SMARTS) is 1. The monoisotopic (exact) mass is 230 g/mol. The van der Waals surface area contributed by atoms with E-state index in [0.29, 0.717) is 0 Å². The second-order valence-electron chi connectivity index (χ2n) is 3.31. The van der Waals surface area contributed by atoms with Crippen molar-refractivity contribution in [1.82, 2.24) is 0 Å². The number of hydrogen-bond donors (Lipinski definition) is 1. The molecule has 2 aromatic rings. The van der Waals surface area contributed by atoms with Crippen molar-refractivity contribution < 1.29 is 9.90 Å². The standard InChI is InChI=1S/C13H10O2S/c14-13(15)5-4-10-2-1-3-11(8-10)12-6-7-16-9-12/h1-9H,(H,14,15). The summed E-state index contributed by atoms with van der Waals surface area (Å²) in [4.78, 5) is 10.4. The molecule has 0 atom stereocenters. The van der Waals surface area contributed by atoms with Gasteiger partial charge in [0.1, 0.15) is 0 Å². The van der Waals surface area contributed by atoms with Gasteiger partial charge in [-0.1, -0.05) is 18.2 Å². The van der Waals surface area contributed by atoms with E-state index in [9.17, 15) is 4.79 Å². The predicted molar refractivity (Wildman–Crippen MR) is 66.4 cm³/mol. The third-order valence-corrected chi connectivity index (χ3v) is 2.84. The molecule has 2 nitrogen and oxygen atoms in total. The first-order chi connectivity index (χ1) is 7.75. The molecule has 0 aliphatic heterocycles. The van der Waals surface area contributed by atoms with Gasteiger partial charge in [0.05, 0.1) is 0 Å². The lowest BCUT2D eigenvalue weighted by Crippen LogP contribution is -1.85. The maximum atomic E-state index is 10.4. The quantitative estimate of drug-likeness (QED) is 0.819. The average molecular weight is 230 g/mol. The van der Waals surface area contributed by atoms with Crippen LogP contribution in [0.25, 0.3) is 17.2 Å². The second-order valence-corrected chi connectivity index (χ2v) is 4.09. The summed E-state index contributed by atoms with van der Waals surface area (Å²) in [5.74, 6) is -0.930. The highest BCUT2D eigenvalue weighted by Crippen LogP contribution is 2.23. The van der Waals surface area contributed by atoms with Crippen molar-refractivity contribution in [3.8, 4) is 11.1 Å². The zero-order chi connectivity index (χ0) is 11.4. The molecule has 0 aliphatic rings. The Hall–Kier alpha value is -1.87. The Labute approximate surface area is 97.5 Å². The van der Waals surface area contributed by atoms with Gasteiger partial charge in [0.25, 0.3) is 0 Å². The molecule has 0 aliphatic carbocycles. The van der Waals surface area contributed by atoms with Gasteiger partial charge in [-0.3, -0.25) is 0 Å². The average Bonchev–Trinajstić information content (AvgIpc) is 2.80. The third kappa shape index (κ3) is 2.58. The summed E-state index contributed by atoms with van der Waals surface area (Å²) in [5, 5.41) is 12.6. The zero-order valence-corrected chi connectivity index (χ0v) is 9.28. The molecule has 0 saturated heterocycles. The van der Waals surface area contributed by atoms with Crippen LogP contribution in [0.5, 0.6) is 0 Å². The molecule has 1 N–H and O–H groups in total. The molecule has 16 heavy (non-hydrogen) atoms. The molecule has 0 unspecified atom stereocenters. The zero-order valence-electron chi connectivity index (χ0n) is 8.46. The van der Waals surface area contributed by atoms with E-state index in [0.717, 1.165) is 22.8 Å². The SMILES string of the molecule is O=C(O)C=Cc1cccc(-c2ccsc2)c1. The summed E-state index contributed by atoms with van der Waals surface area (Å²) in [5.41, 5.74) is 3.16. The maximum absolute atomic E-state index is 10.4. The smallest absolute Gasteiger partial charge is 0.328 e. The fraction of sp³-hybridized carbons (Fsp3) is 0. The molecule has 0 radical (unpaired) electrons. The normalized spacial score (nSPS) is 10.8. The van der Waals surface area contributed by atoms with E-state index < -0.39 is 5.97 Å². The van der Waals surface area contributed by atoms with E-state index >= 15 is 0 Å². The number of benzene rings is 1. The van der Waals surface area contributed by atoms with Crippen LogP contribution in [0.15, 0.2) is 47.2 Å². The van der Waals surface area contributed by atoms with Crippen molar-refractivity contribution in [2.75, 3.05) is 0 Å². The highest BCUT2D eigenvalue weighted by molar-refractivity contribution is 7.08. The van der Waals surface area contributed by atoms with Crippen LogP contribution in [0.3, 0.4) is 0 Å². The Bertz CT molecular complexity index is 512. The van der Waals surface area contributed by atoms with E-state index in [4.69, 9.17) is 5.11 Å². The minimum Gasteiger partial charge on any atom is -0.478 e. The van der Waals surface area contributed by atoms with Gasteiger partial charge in [0.2, 0.25) is 0 Å². The fourth-order valence-corrected chi connectivity index (χ4v) is 2.08. The number of hydrogen-bond acceptors (Lipinski definition) is 2. The Morgan fingerprint density at radius 2 is 2.12 bits per heavy atom. The van der Waals surface area contributed by atoms with Crippen LogP contribution in [0.1, 0.15) is 5.56 Å². The molecule has 0 bridgehead atoms. The van der Waals surface area contributed by atoms with Gasteiger partial charge in [-0.25, -0.2) is 4.79 Å². The van der Waals surface area contributed by atoms with Crippen molar-refractivity contribution in [3.63, 3.8) is 0 Å². The van der Waals surface area contributed by atoms with E-state index in [1.165, 1.54) is 0 Å². The van der Waals surface area contributed by atoms with Gasteiger partial charge in [-0.15, -0.1) is 0 Å². The van der Waals surface area contributed by atoms with Gasteiger partial charge in [-0.2, -0.15) is 11.3 Å². The summed E-state index contributed by atoms with van der Waals surface area (Å²) in [6, 6.07) is 9.84. The van der Waals surface area contributed by atoms with E-state index in [1.54, 1.807) is 17.4 Å². The molecule has 0 saturated carbocycles. The highest BCUT2D eigenvalue weighted by Gasteiger charge is 1.98. The number of rotatable bonds is 3. The van der Waals surface area contributed by atoms with Gasteiger partial charge < -0.3 is 5.11 Å². The predicted octanol–water partition coefficient (Wildman–Crippen LogP) is 3.51. The van der Waals surface area contributed by atoms with E-state index in [-0.39, 0.29) is 0 Å². The summed E-state index contributed by atoms with van der Waals surface area (Å²) < 4.78 is 0. The molecule has 0 amide bonds. The van der Waals surface area contributed by atoms with Crippen molar-refractivity contribution >= 4 is 23.4 Å². The summed E-state index contributed by atoms with van der Waals surface area (Å²) in [7, 11) is 0. The largest absolute Gasteiger partial charge is 0.478 e. The number of aliphatic carboxylic acids is 1. The van der Waals surface area contributed by atoms with Gasteiger partial charge in [0.15, 0.2) is 0 Å². The number of carbonyl (C=O) groups is 1.